The second kappa shape index (κ2) is 9.70. The molecule has 7 atom stereocenters. The molecule has 33 heavy (non-hydrogen) atoms. The standard InChI is InChI=1S/C29H34O4/c1-2-3-11-19-16-10-17-22-23-18-24(25(19)22)27(33-29(31)21-14-8-5-9-15-21)26(23)32-28(30)20-12-6-4-7-13-20/h4-9,12-15,19,22-27H,2-3,10-11,16-18H2,1H3. The highest BCUT2D eigenvalue weighted by Gasteiger charge is 2.63. The molecule has 0 radical (unpaired) electrons. The number of carbonyl (C=O) groups excluding carboxylic acids is 2. The van der Waals surface area contributed by atoms with Gasteiger partial charge in [-0.25, -0.2) is 9.59 Å². The zero-order valence-corrected chi connectivity index (χ0v) is 19.4. The van der Waals surface area contributed by atoms with Crippen molar-refractivity contribution >= 4 is 11.9 Å². The monoisotopic (exact) mass is 446 g/mol. The Morgan fingerprint density at radius 2 is 1.36 bits per heavy atom. The van der Waals surface area contributed by atoms with Gasteiger partial charge in [-0.15, -0.1) is 0 Å². The zero-order chi connectivity index (χ0) is 22.8. The van der Waals surface area contributed by atoms with E-state index < -0.39 is 0 Å². The highest BCUT2D eigenvalue weighted by Crippen LogP contribution is 2.61. The summed E-state index contributed by atoms with van der Waals surface area (Å²) in [6, 6.07) is 18.3. The molecule has 0 aromatic heterocycles. The van der Waals surface area contributed by atoms with E-state index in [1.54, 1.807) is 24.3 Å². The molecule has 2 aromatic carbocycles. The van der Waals surface area contributed by atoms with E-state index in [9.17, 15) is 9.59 Å². The molecule has 4 heteroatoms. The van der Waals surface area contributed by atoms with Gasteiger partial charge < -0.3 is 9.47 Å². The van der Waals surface area contributed by atoms with Crippen LogP contribution in [0.1, 0.15) is 72.6 Å². The molecule has 5 rings (SSSR count). The van der Waals surface area contributed by atoms with Crippen molar-refractivity contribution in [3.8, 4) is 0 Å². The van der Waals surface area contributed by atoms with Gasteiger partial charge in [-0.3, -0.25) is 0 Å². The molecule has 3 aliphatic carbocycles. The van der Waals surface area contributed by atoms with Crippen LogP contribution in [0, 0.1) is 29.6 Å². The van der Waals surface area contributed by atoms with E-state index >= 15 is 0 Å². The molecular weight excluding hydrogens is 412 g/mol. The number of benzene rings is 2. The Morgan fingerprint density at radius 1 is 0.788 bits per heavy atom. The number of hydrogen-bond acceptors (Lipinski definition) is 4. The first-order valence-electron chi connectivity index (χ1n) is 12.7. The SMILES string of the molecule is CCCCC1CCCC2C3CC(C(OC(=O)c4ccccc4)C3OC(=O)c3ccccc3)C12. The maximum Gasteiger partial charge on any atom is 0.338 e. The molecule has 0 amide bonds. The Kier molecular flexibility index (Phi) is 6.52. The summed E-state index contributed by atoms with van der Waals surface area (Å²) < 4.78 is 12.3. The van der Waals surface area contributed by atoms with E-state index in [2.05, 4.69) is 6.92 Å². The van der Waals surface area contributed by atoms with Gasteiger partial charge in [0.25, 0.3) is 0 Å². The van der Waals surface area contributed by atoms with E-state index in [0.717, 1.165) is 6.42 Å². The van der Waals surface area contributed by atoms with E-state index in [4.69, 9.17) is 9.47 Å². The van der Waals surface area contributed by atoms with Crippen LogP contribution in [0.3, 0.4) is 0 Å². The van der Waals surface area contributed by atoms with Crippen molar-refractivity contribution in [1.29, 1.82) is 0 Å². The number of hydrogen-bond donors (Lipinski definition) is 0. The fraction of sp³-hybridized carbons (Fsp3) is 0.517. The minimum atomic E-state index is -0.362. The summed E-state index contributed by atoms with van der Waals surface area (Å²) in [6.07, 6.45) is 7.74. The third kappa shape index (κ3) is 4.32. The Balaban J connectivity index is 1.40. The lowest BCUT2D eigenvalue weighted by Gasteiger charge is -2.46. The minimum absolute atomic E-state index is 0.281. The quantitative estimate of drug-likeness (QED) is 0.468. The first kappa shape index (κ1) is 22.2. The van der Waals surface area contributed by atoms with Crippen molar-refractivity contribution in [2.75, 3.05) is 0 Å². The van der Waals surface area contributed by atoms with Crippen molar-refractivity contribution in [3.05, 3.63) is 71.8 Å². The summed E-state index contributed by atoms with van der Waals surface area (Å²) in [4.78, 5) is 26.0. The molecule has 2 bridgehead atoms. The number of ether oxygens (including phenoxy) is 2. The molecule has 3 saturated carbocycles. The second-order valence-corrected chi connectivity index (χ2v) is 10.1. The number of esters is 2. The van der Waals surface area contributed by atoms with Crippen molar-refractivity contribution < 1.29 is 19.1 Å². The molecule has 0 aliphatic heterocycles. The number of carbonyl (C=O) groups is 2. The Bertz CT molecular complexity index is 956. The maximum atomic E-state index is 13.0. The average molecular weight is 447 g/mol. The van der Waals surface area contributed by atoms with Crippen LogP contribution >= 0.6 is 0 Å². The van der Waals surface area contributed by atoms with Crippen molar-refractivity contribution in [1.82, 2.24) is 0 Å². The van der Waals surface area contributed by atoms with Gasteiger partial charge in [-0.05, 0) is 54.9 Å². The van der Waals surface area contributed by atoms with Crippen LogP contribution < -0.4 is 0 Å². The molecule has 0 spiro atoms. The normalized spacial score (nSPS) is 32.2. The van der Waals surface area contributed by atoms with Crippen LogP contribution in [0.5, 0.6) is 0 Å². The minimum Gasteiger partial charge on any atom is -0.455 e. The van der Waals surface area contributed by atoms with E-state index in [1.807, 2.05) is 36.4 Å². The summed E-state index contributed by atoms with van der Waals surface area (Å²) in [7, 11) is 0. The highest BCUT2D eigenvalue weighted by atomic mass is 16.6. The third-order valence-corrected chi connectivity index (χ3v) is 8.34. The van der Waals surface area contributed by atoms with Crippen LogP contribution in [-0.4, -0.2) is 24.1 Å². The fourth-order valence-electron chi connectivity index (χ4n) is 7.02. The summed E-state index contributed by atoms with van der Waals surface area (Å²) >= 11 is 0. The number of fused-ring (bicyclic) bond motifs is 5. The van der Waals surface area contributed by atoms with Gasteiger partial charge in [0.2, 0.25) is 0 Å². The molecule has 7 unspecified atom stereocenters. The summed E-state index contributed by atoms with van der Waals surface area (Å²) in [5.74, 6) is 1.79. The molecular formula is C29H34O4. The van der Waals surface area contributed by atoms with Crippen molar-refractivity contribution in [2.45, 2.75) is 64.1 Å². The first-order valence-corrected chi connectivity index (χ1v) is 12.7. The molecule has 3 aliphatic rings. The van der Waals surface area contributed by atoms with Crippen molar-refractivity contribution in [2.24, 2.45) is 29.6 Å². The summed E-state index contributed by atoms with van der Waals surface area (Å²) in [5, 5.41) is 0. The van der Waals surface area contributed by atoms with Gasteiger partial charge in [0.1, 0.15) is 12.2 Å². The first-order chi connectivity index (χ1) is 16.2. The fourth-order valence-corrected chi connectivity index (χ4v) is 7.02. The largest absolute Gasteiger partial charge is 0.455 e. The lowest BCUT2D eigenvalue weighted by molar-refractivity contribution is -0.0977. The molecule has 0 heterocycles. The lowest BCUT2D eigenvalue weighted by Crippen LogP contribution is -2.49. The zero-order valence-electron chi connectivity index (χ0n) is 19.4. The topological polar surface area (TPSA) is 52.6 Å². The summed E-state index contributed by atoms with van der Waals surface area (Å²) in [6.45, 7) is 2.25. The van der Waals surface area contributed by atoms with Crippen LogP contribution in [0.25, 0.3) is 0 Å². The van der Waals surface area contributed by atoms with E-state index in [1.165, 1.54) is 38.5 Å². The molecule has 0 N–H and O–H groups in total. The Labute approximate surface area is 196 Å². The maximum absolute atomic E-state index is 13.0. The van der Waals surface area contributed by atoms with E-state index in [0.29, 0.717) is 28.9 Å². The predicted molar refractivity (Wildman–Crippen MR) is 127 cm³/mol. The average Bonchev–Trinajstić information content (AvgIpc) is 3.41. The van der Waals surface area contributed by atoms with Crippen LogP contribution in [0.2, 0.25) is 0 Å². The van der Waals surface area contributed by atoms with Crippen LogP contribution in [0.15, 0.2) is 60.7 Å². The third-order valence-electron chi connectivity index (χ3n) is 8.34. The van der Waals surface area contributed by atoms with Gasteiger partial charge >= 0.3 is 11.9 Å². The molecule has 174 valence electrons. The van der Waals surface area contributed by atoms with Gasteiger partial charge in [-0.1, -0.05) is 75.4 Å². The Morgan fingerprint density at radius 3 is 1.94 bits per heavy atom. The lowest BCUT2D eigenvalue weighted by atomic mass is 9.63. The number of unbranched alkanes of at least 4 members (excludes halogenated alkanes) is 1. The predicted octanol–water partition coefficient (Wildman–Crippen LogP) is 6.31. The van der Waals surface area contributed by atoms with E-state index in [-0.39, 0.29) is 36.0 Å². The molecule has 3 fully saturated rings. The Hall–Kier alpha value is -2.62. The molecule has 2 aromatic rings. The smallest absolute Gasteiger partial charge is 0.338 e. The number of rotatable bonds is 7. The van der Waals surface area contributed by atoms with Crippen molar-refractivity contribution in [3.63, 3.8) is 0 Å². The van der Waals surface area contributed by atoms with Crippen LogP contribution in [-0.2, 0) is 9.47 Å². The molecule has 0 saturated heterocycles. The van der Waals surface area contributed by atoms with Gasteiger partial charge in [0.15, 0.2) is 0 Å². The van der Waals surface area contributed by atoms with Crippen LogP contribution in [0.4, 0.5) is 0 Å². The molecule has 4 nitrogen and oxygen atoms in total. The van der Waals surface area contributed by atoms with Gasteiger partial charge in [0, 0.05) is 11.8 Å². The highest BCUT2D eigenvalue weighted by molar-refractivity contribution is 5.90. The summed E-state index contributed by atoms with van der Waals surface area (Å²) in [5.41, 5.74) is 1.10. The van der Waals surface area contributed by atoms with Gasteiger partial charge in [0.05, 0.1) is 11.1 Å². The van der Waals surface area contributed by atoms with Gasteiger partial charge in [-0.2, -0.15) is 0 Å². The second-order valence-electron chi connectivity index (χ2n) is 10.1.